The smallest absolute Gasteiger partial charge is 0.306 e. The fourth-order valence-corrected chi connectivity index (χ4v) is 1.78. The van der Waals surface area contributed by atoms with Gasteiger partial charge < -0.3 is 9.84 Å². The van der Waals surface area contributed by atoms with Gasteiger partial charge in [-0.15, -0.1) is 0 Å². The van der Waals surface area contributed by atoms with E-state index < -0.39 is 12.1 Å². The second-order valence-electron chi connectivity index (χ2n) is 3.99. The number of amides is 1. The van der Waals surface area contributed by atoms with Crippen molar-refractivity contribution in [2.75, 3.05) is 11.6 Å². The maximum absolute atomic E-state index is 11.9. The third kappa shape index (κ3) is 2.45. The molecular formula is C12H13NO4. The first-order chi connectivity index (χ1) is 8.08. The highest BCUT2D eigenvalue weighted by Crippen LogP contribution is 2.23. The van der Waals surface area contributed by atoms with Gasteiger partial charge in [0, 0.05) is 5.69 Å². The van der Waals surface area contributed by atoms with Crippen molar-refractivity contribution in [3.8, 4) is 0 Å². The van der Waals surface area contributed by atoms with E-state index in [4.69, 9.17) is 9.84 Å². The van der Waals surface area contributed by atoms with E-state index in [1.165, 1.54) is 4.90 Å². The molecule has 1 amide bonds. The highest BCUT2D eigenvalue weighted by molar-refractivity contribution is 5.99. The summed E-state index contributed by atoms with van der Waals surface area (Å²) in [5.41, 5.74) is 1.78. The van der Waals surface area contributed by atoms with Crippen LogP contribution in [0.5, 0.6) is 0 Å². The summed E-state index contributed by atoms with van der Waals surface area (Å²) in [6.45, 7) is 2.04. The lowest BCUT2D eigenvalue weighted by Gasteiger charge is -2.14. The van der Waals surface area contributed by atoms with Crippen LogP contribution >= 0.6 is 0 Å². The van der Waals surface area contributed by atoms with Gasteiger partial charge in [-0.05, 0) is 24.6 Å². The van der Waals surface area contributed by atoms with Crippen LogP contribution < -0.4 is 4.90 Å². The maximum atomic E-state index is 11.9. The first-order valence-electron chi connectivity index (χ1n) is 5.29. The quantitative estimate of drug-likeness (QED) is 0.853. The van der Waals surface area contributed by atoms with Crippen molar-refractivity contribution in [1.82, 2.24) is 0 Å². The topological polar surface area (TPSA) is 66.8 Å². The van der Waals surface area contributed by atoms with Crippen LogP contribution in [0.15, 0.2) is 24.3 Å². The Morgan fingerprint density at radius 1 is 1.59 bits per heavy atom. The van der Waals surface area contributed by atoms with Crippen LogP contribution in [0.3, 0.4) is 0 Å². The molecule has 1 unspecified atom stereocenters. The molecule has 0 bridgehead atoms. The molecule has 1 aliphatic heterocycles. The molecule has 1 fully saturated rings. The van der Waals surface area contributed by atoms with E-state index >= 15 is 0 Å². The van der Waals surface area contributed by atoms with Gasteiger partial charge in [0.15, 0.2) is 0 Å². The fourth-order valence-electron chi connectivity index (χ4n) is 1.78. The summed E-state index contributed by atoms with van der Waals surface area (Å²) in [7, 11) is 0. The number of anilines is 1. The normalized spacial score (nSPS) is 19.7. The molecule has 1 heterocycles. The van der Waals surface area contributed by atoms with E-state index in [2.05, 4.69) is 0 Å². The van der Waals surface area contributed by atoms with E-state index in [1.54, 1.807) is 6.07 Å². The monoisotopic (exact) mass is 235 g/mol. The summed E-state index contributed by atoms with van der Waals surface area (Å²) in [6.07, 6.45) is -1.16. The molecule has 1 aliphatic rings. The first-order valence-corrected chi connectivity index (χ1v) is 5.29. The van der Waals surface area contributed by atoms with Crippen LogP contribution in [0, 0.1) is 6.92 Å². The summed E-state index contributed by atoms with van der Waals surface area (Å²) in [6, 6.07) is 7.45. The zero-order chi connectivity index (χ0) is 12.4. The molecule has 2 rings (SSSR count). The van der Waals surface area contributed by atoms with E-state index in [-0.39, 0.29) is 19.1 Å². The molecule has 1 N–H and O–H groups in total. The number of ether oxygens (including phenoxy) is 1. The number of carboxylic acid groups (broad SMARTS) is 1. The predicted molar refractivity (Wildman–Crippen MR) is 60.7 cm³/mol. The largest absolute Gasteiger partial charge is 0.481 e. The average molecular weight is 235 g/mol. The number of nitrogens with zero attached hydrogens (tertiary/aromatic N) is 1. The maximum Gasteiger partial charge on any atom is 0.306 e. The summed E-state index contributed by atoms with van der Waals surface area (Å²) >= 11 is 0. The zero-order valence-corrected chi connectivity index (χ0v) is 9.42. The van der Waals surface area contributed by atoms with Crippen LogP contribution in [0.1, 0.15) is 12.0 Å². The number of hydrogen-bond donors (Lipinski definition) is 1. The Hall–Kier alpha value is -1.88. The molecule has 5 nitrogen and oxygen atoms in total. The van der Waals surface area contributed by atoms with Gasteiger partial charge in [-0.3, -0.25) is 14.5 Å². The molecule has 5 heteroatoms. The predicted octanol–water partition coefficient (Wildman–Crippen LogP) is 1.16. The third-order valence-electron chi connectivity index (χ3n) is 2.62. The Labute approximate surface area is 98.6 Å². The third-order valence-corrected chi connectivity index (χ3v) is 2.62. The SMILES string of the molecule is Cc1cccc(N2COC(CC(=O)O)C2=O)c1. The van der Waals surface area contributed by atoms with Crippen molar-refractivity contribution >= 4 is 17.6 Å². The number of rotatable bonds is 3. The van der Waals surface area contributed by atoms with Crippen molar-refractivity contribution in [2.24, 2.45) is 0 Å². The lowest BCUT2D eigenvalue weighted by atomic mass is 10.2. The van der Waals surface area contributed by atoms with Crippen LogP contribution in [0.4, 0.5) is 5.69 Å². The van der Waals surface area contributed by atoms with Crippen LogP contribution in [0.2, 0.25) is 0 Å². The Bertz CT molecular complexity index is 458. The summed E-state index contributed by atoms with van der Waals surface area (Å²) in [4.78, 5) is 23.9. The minimum absolute atomic E-state index is 0.111. The van der Waals surface area contributed by atoms with Crippen LogP contribution in [-0.2, 0) is 14.3 Å². The minimum Gasteiger partial charge on any atom is -0.481 e. The van der Waals surface area contributed by atoms with Crippen molar-refractivity contribution in [2.45, 2.75) is 19.4 Å². The molecule has 0 aromatic heterocycles. The number of aryl methyl sites for hydroxylation is 1. The molecule has 1 atom stereocenters. The number of carbonyl (C=O) groups is 2. The lowest BCUT2D eigenvalue weighted by molar-refractivity contribution is -0.142. The molecule has 0 radical (unpaired) electrons. The van der Waals surface area contributed by atoms with Gasteiger partial charge in [0.05, 0.1) is 6.42 Å². The van der Waals surface area contributed by atoms with Gasteiger partial charge in [0.25, 0.3) is 5.91 Å². The Kier molecular flexibility index (Phi) is 3.10. The lowest BCUT2D eigenvalue weighted by Crippen LogP contribution is -2.30. The van der Waals surface area contributed by atoms with Crippen molar-refractivity contribution < 1.29 is 19.4 Å². The Morgan fingerprint density at radius 3 is 3.00 bits per heavy atom. The van der Waals surface area contributed by atoms with Gasteiger partial charge in [0.1, 0.15) is 12.8 Å². The van der Waals surface area contributed by atoms with Gasteiger partial charge in [-0.25, -0.2) is 0 Å². The molecule has 1 aromatic rings. The van der Waals surface area contributed by atoms with Crippen molar-refractivity contribution in [3.05, 3.63) is 29.8 Å². The molecule has 1 aromatic carbocycles. The molecule has 0 aliphatic carbocycles. The Morgan fingerprint density at radius 2 is 2.35 bits per heavy atom. The van der Waals surface area contributed by atoms with E-state index in [0.29, 0.717) is 0 Å². The number of carbonyl (C=O) groups excluding carboxylic acids is 1. The minimum atomic E-state index is -1.03. The van der Waals surface area contributed by atoms with Crippen molar-refractivity contribution in [1.29, 1.82) is 0 Å². The molecule has 90 valence electrons. The van der Waals surface area contributed by atoms with Gasteiger partial charge in [0.2, 0.25) is 0 Å². The zero-order valence-electron chi connectivity index (χ0n) is 9.42. The van der Waals surface area contributed by atoms with Crippen molar-refractivity contribution in [3.63, 3.8) is 0 Å². The highest BCUT2D eigenvalue weighted by Gasteiger charge is 2.34. The number of carboxylic acids is 1. The first kappa shape index (κ1) is 11.6. The number of aliphatic carboxylic acids is 1. The standard InChI is InChI=1S/C12H13NO4/c1-8-3-2-4-9(5-8)13-7-17-10(12(13)16)6-11(14)15/h2-5,10H,6-7H2,1H3,(H,14,15). The Balaban J connectivity index is 2.15. The second kappa shape index (κ2) is 4.55. The molecule has 0 spiro atoms. The molecule has 0 saturated carbocycles. The van der Waals surface area contributed by atoms with Gasteiger partial charge in [-0.2, -0.15) is 0 Å². The number of hydrogen-bond acceptors (Lipinski definition) is 3. The molecular weight excluding hydrogens is 222 g/mol. The average Bonchev–Trinajstić information content (AvgIpc) is 2.60. The van der Waals surface area contributed by atoms with E-state index in [9.17, 15) is 9.59 Å². The van der Waals surface area contributed by atoms with E-state index in [0.717, 1.165) is 11.3 Å². The molecule has 17 heavy (non-hydrogen) atoms. The van der Waals surface area contributed by atoms with Gasteiger partial charge >= 0.3 is 5.97 Å². The summed E-state index contributed by atoms with van der Waals surface area (Å²) in [5, 5.41) is 8.64. The van der Waals surface area contributed by atoms with Crippen LogP contribution in [-0.4, -0.2) is 29.8 Å². The highest BCUT2D eigenvalue weighted by atomic mass is 16.5. The fraction of sp³-hybridized carbons (Fsp3) is 0.333. The molecule has 1 saturated heterocycles. The van der Waals surface area contributed by atoms with Gasteiger partial charge in [-0.1, -0.05) is 12.1 Å². The summed E-state index contributed by atoms with van der Waals surface area (Å²) in [5.74, 6) is -1.33. The second-order valence-corrected chi connectivity index (χ2v) is 3.99. The summed E-state index contributed by atoms with van der Waals surface area (Å²) < 4.78 is 5.18. The van der Waals surface area contributed by atoms with Crippen LogP contribution in [0.25, 0.3) is 0 Å². The number of benzene rings is 1. The van der Waals surface area contributed by atoms with E-state index in [1.807, 2.05) is 25.1 Å².